The van der Waals surface area contributed by atoms with Crippen LogP contribution < -0.4 is 5.32 Å². The van der Waals surface area contributed by atoms with E-state index in [1.807, 2.05) is 4.90 Å². The number of benzene rings is 2. The minimum atomic E-state index is -4.53. The number of hydrogen-bond donors (Lipinski definition) is 1. The van der Waals surface area contributed by atoms with Crippen molar-refractivity contribution < 1.29 is 36.7 Å². The molecule has 1 fully saturated rings. The van der Waals surface area contributed by atoms with Crippen molar-refractivity contribution in [3.8, 4) is 0 Å². The predicted molar refractivity (Wildman–Crippen MR) is 137 cm³/mol. The van der Waals surface area contributed by atoms with Crippen molar-refractivity contribution in [1.82, 2.24) is 20.0 Å². The summed E-state index contributed by atoms with van der Waals surface area (Å²) in [4.78, 5) is 44.0. The Kier molecular flexibility index (Phi) is 8.77. The molecule has 2 aliphatic rings. The summed E-state index contributed by atoms with van der Waals surface area (Å²) in [6, 6.07) is 8.24. The van der Waals surface area contributed by atoms with Gasteiger partial charge in [-0.25, -0.2) is 14.0 Å². The van der Waals surface area contributed by atoms with Gasteiger partial charge < -0.3 is 15.0 Å². The monoisotopic (exact) mass is 562 g/mol. The number of urea groups is 1. The molecule has 1 unspecified atom stereocenters. The molecule has 0 saturated carbocycles. The maximum atomic E-state index is 13.6. The molecule has 0 spiro atoms. The third-order valence-corrected chi connectivity index (χ3v) is 6.96. The fraction of sp³-hybridized carbons (Fsp3) is 0.393. The zero-order valence-corrected chi connectivity index (χ0v) is 22.1. The van der Waals surface area contributed by atoms with E-state index in [1.54, 1.807) is 17.9 Å². The molecule has 1 N–H and O–H groups in total. The number of esters is 1. The summed E-state index contributed by atoms with van der Waals surface area (Å²) in [6.07, 6.45) is -3.93. The molecule has 4 rings (SSSR count). The van der Waals surface area contributed by atoms with Crippen LogP contribution in [0.5, 0.6) is 0 Å². The Bertz CT molecular complexity index is 1300. The van der Waals surface area contributed by atoms with Crippen LogP contribution in [0.2, 0.25) is 0 Å². The lowest BCUT2D eigenvalue weighted by Gasteiger charge is -2.36. The topological polar surface area (TPSA) is 82.2 Å². The summed E-state index contributed by atoms with van der Waals surface area (Å²) in [5.74, 6) is -1.47. The molecule has 3 amide bonds. The van der Waals surface area contributed by atoms with Crippen molar-refractivity contribution in [3.63, 3.8) is 0 Å². The fourth-order valence-corrected chi connectivity index (χ4v) is 4.86. The number of alkyl halides is 3. The highest BCUT2D eigenvalue weighted by atomic mass is 19.4. The average molecular weight is 563 g/mol. The number of nitrogens with zero attached hydrogens (tertiary/aromatic N) is 3. The Balaban J connectivity index is 1.60. The Morgan fingerprint density at radius 1 is 1.05 bits per heavy atom. The van der Waals surface area contributed by atoms with Crippen LogP contribution in [-0.2, 0) is 15.7 Å². The van der Waals surface area contributed by atoms with Gasteiger partial charge in [-0.3, -0.25) is 14.6 Å². The maximum Gasteiger partial charge on any atom is 0.416 e. The first kappa shape index (κ1) is 29.1. The Morgan fingerprint density at radius 3 is 2.42 bits per heavy atom. The fourth-order valence-electron chi connectivity index (χ4n) is 4.86. The number of likely N-dealkylation sites (N-methyl/N-ethyl adjacent to an activating group) is 1. The second-order valence-corrected chi connectivity index (χ2v) is 9.57. The first-order chi connectivity index (χ1) is 19.0. The highest BCUT2D eigenvalue weighted by molar-refractivity contribution is 5.95. The normalized spacial score (nSPS) is 18.9. The summed E-state index contributed by atoms with van der Waals surface area (Å²) in [5.41, 5.74) is 0.193. The first-order valence-corrected chi connectivity index (χ1v) is 12.9. The van der Waals surface area contributed by atoms with Crippen LogP contribution in [0.3, 0.4) is 0 Å². The summed E-state index contributed by atoms with van der Waals surface area (Å²) in [5, 5.41) is 2.70. The molecule has 2 aliphatic heterocycles. The maximum absolute atomic E-state index is 13.6. The number of halogens is 4. The van der Waals surface area contributed by atoms with Gasteiger partial charge in [0.15, 0.2) is 0 Å². The van der Waals surface area contributed by atoms with Gasteiger partial charge in [0, 0.05) is 51.0 Å². The molecule has 0 radical (unpaired) electrons. The lowest BCUT2D eigenvalue weighted by molar-refractivity contribution is -0.139. The quantitative estimate of drug-likeness (QED) is 0.422. The third kappa shape index (κ3) is 6.44. The van der Waals surface area contributed by atoms with Crippen molar-refractivity contribution in [3.05, 3.63) is 82.3 Å². The number of hydrogen-bond acceptors (Lipinski definition) is 5. The van der Waals surface area contributed by atoms with Gasteiger partial charge in [-0.2, -0.15) is 13.2 Å². The SMILES string of the molecule is CCOC(=O)C1=C(CN2CCCN(C(=O)c3cccc(F)c3)CC2)N(C)C(=O)NC1c1ccc(C(F)(F)F)cc1. The van der Waals surface area contributed by atoms with Crippen LogP contribution in [0.25, 0.3) is 0 Å². The number of ether oxygens (including phenoxy) is 1. The molecule has 2 aromatic rings. The molecule has 214 valence electrons. The van der Waals surface area contributed by atoms with E-state index in [4.69, 9.17) is 4.74 Å². The van der Waals surface area contributed by atoms with E-state index in [0.717, 1.165) is 12.1 Å². The zero-order valence-electron chi connectivity index (χ0n) is 22.1. The molecular weight excluding hydrogens is 532 g/mol. The van der Waals surface area contributed by atoms with Gasteiger partial charge in [0.2, 0.25) is 0 Å². The van der Waals surface area contributed by atoms with E-state index in [0.29, 0.717) is 43.9 Å². The first-order valence-electron chi connectivity index (χ1n) is 12.9. The third-order valence-electron chi connectivity index (χ3n) is 6.96. The number of amides is 3. The van der Waals surface area contributed by atoms with Crippen molar-refractivity contribution in [2.24, 2.45) is 0 Å². The molecule has 8 nitrogen and oxygen atoms in total. The van der Waals surface area contributed by atoms with Crippen LogP contribution in [0, 0.1) is 5.82 Å². The minimum absolute atomic E-state index is 0.0634. The van der Waals surface area contributed by atoms with E-state index in [1.165, 1.54) is 42.3 Å². The van der Waals surface area contributed by atoms with E-state index >= 15 is 0 Å². The van der Waals surface area contributed by atoms with E-state index in [-0.39, 0.29) is 30.2 Å². The van der Waals surface area contributed by atoms with Crippen LogP contribution in [0.15, 0.2) is 59.8 Å². The van der Waals surface area contributed by atoms with Gasteiger partial charge in [0.05, 0.1) is 23.8 Å². The lowest BCUT2D eigenvalue weighted by atomic mass is 9.93. The molecule has 2 heterocycles. The largest absolute Gasteiger partial charge is 0.463 e. The van der Waals surface area contributed by atoms with Crippen LogP contribution in [-0.4, -0.2) is 79.0 Å². The van der Waals surface area contributed by atoms with Crippen molar-refractivity contribution in [2.75, 3.05) is 46.4 Å². The van der Waals surface area contributed by atoms with Gasteiger partial charge in [-0.1, -0.05) is 18.2 Å². The molecule has 1 atom stereocenters. The van der Waals surface area contributed by atoms with Crippen molar-refractivity contribution in [1.29, 1.82) is 0 Å². The highest BCUT2D eigenvalue weighted by Gasteiger charge is 2.38. The Hall–Kier alpha value is -3.93. The van der Waals surface area contributed by atoms with Crippen molar-refractivity contribution >= 4 is 17.9 Å². The molecule has 0 aromatic heterocycles. The molecule has 40 heavy (non-hydrogen) atoms. The average Bonchev–Trinajstić information content (AvgIpc) is 3.16. The molecule has 12 heteroatoms. The molecular formula is C28H30F4N4O4. The molecule has 0 bridgehead atoms. The second kappa shape index (κ2) is 12.1. The predicted octanol–water partition coefficient (Wildman–Crippen LogP) is 4.21. The summed E-state index contributed by atoms with van der Waals surface area (Å²) < 4.78 is 58.3. The standard InChI is InChI=1S/C28H30F4N4O4/c1-3-40-26(38)23-22(34(2)27(39)33-24(23)18-8-10-20(11-9-18)28(30,31)32)17-35-12-5-13-36(15-14-35)25(37)19-6-4-7-21(29)16-19/h4,6-11,16,24H,3,5,12-15,17H2,1-2H3,(H,33,39). The van der Waals surface area contributed by atoms with Gasteiger partial charge in [-0.05, 0) is 49.2 Å². The zero-order chi connectivity index (χ0) is 29.0. The summed E-state index contributed by atoms with van der Waals surface area (Å²) in [6.45, 7) is 3.62. The van der Waals surface area contributed by atoms with Gasteiger partial charge in [0.25, 0.3) is 5.91 Å². The lowest BCUT2D eigenvalue weighted by Crippen LogP contribution is -2.49. The van der Waals surface area contributed by atoms with Crippen LogP contribution >= 0.6 is 0 Å². The van der Waals surface area contributed by atoms with Gasteiger partial charge >= 0.3 is 18.2 Å². The molecule has 1 saturated heterocycles. The Morgan fingerprint density at radius 2 is 1.77 bits per heavy atom. The smallest absolute Gasteiger partial charge is 0.416 e. The van der Waals surface area contributed by atoms with E-state index in [2.05, 4.69) is 5.32 Å². The molecule has 2 aromatic carbocycles. The number of nitrogens with one attached hydrogen (secondary N) is 1. The Labute approximate surface area is 229 Å². The van der Waals surface area contributed by atoms with Crippen LogP contribution in [0.1, 0.15) is 40.9 Å². The molecule has 0 aliphatic carbocycles. The van der Waals surface area contributed by atoms with Crippen LogP contribution in [0.4, 0.5) is 22.4 Å². The summed E-state index contributed by atoms with van der Waals surface area (Å²) in [7, 11) is 1.50. The number of rotatable bonds is 6. The summed E-state index contributed by atoms with van der Waals surface area (Å²) >= 11 is 0. The highest BCUT2D eigenvalue weighted by Crippen LogP contribution is 2.34. The van der Waals surface area contributed by atoms with E-state index in [9.17, 15) is 31.9 Å². The number of carbonyl (C=O) groups is 3. The van der Waals surface area contributed by atoms with Crippen molar-refractivity contribution in [2.45, 2.75) is 25.6 Å². The minimum Gasteiger partial charge on any atom is -0.463 e. The second-order valence-electron chi connectivity index (χ2n) is 9.57. The van der Waals surface area contributed by atoms with Gasteiger partial charge in [0.1, 0.15) is 5.82 Å². The number of carbonyl (C=O) groups excluding carboxylic acids is 3. The van der Waals surface area contributed by atoms with Gasteiger partial charge in [-0.15, -0.1) is 0 Å². The van der Waals surface area contributed by atoms with E-state index < -0.39 is 35.6 Å².